The van der Waals surface area contributed by atoms with E-state index in [9.17, 15) is 20.2 Å². The molecule has 0 atom stereocenters. The lowest BCUT2D eigenvalue weighted by Gasteiger charge is -1.94. The number of non-ortho nitro benzene ring substituents is 1. The molecule has 2 aromatic heterocycles. The van der Waals surface area contributed by atoms with Crippen LogP contribution >= 0.6 is 0 Å². The molecule has 0 unspecified atom stereocenters. The maximum Gasteiger partial charge on any atom is 0.433 e. The summed E-state index contributed by atoms with van der Waals surface area (Å²) in [6, 6.07) is 8.03. The summed E-state index contributed by atoms with van der Waals surface area (Å²) in [7, 11) is 0. The van der Waals surface area contributed by atoms with Crippen LogP contribution in [0.4, 0.5) is 11.6 Å². The van der Waals surface area contributed by atoms with Crippen LogP contribution in [-0.2, 0) is 0 Å². The first kappa shape index (κ1) is 13.4. The minimum absolute atomic E-state index is 0.0264. The highest BCUT2D eigenvalue weighted by Gasteiger charge is 2.18. The molecule has 0 radical (unpaired) electrons. The van der Waals surface area contributed by atoms with Gasteiger partial charge in [-0.25, -0.2) is 0 Å². The summed E-state index contributed by atoms with van der Waals surface area (Å²) in [5.41, 5.74) is 0.413. The van der Waals surface area contributed by atoms with Crippen LogP contribution in [0.3, 0.4) is 0 Å². The van der Waals surface area contributed by atoms with E-state index in [0.717, 1.165) is 0 Å². The molecule has 2 heterocycles. The summed E-state index contributed by atoms with van der Waals surface area (Å²) >= 11 is 0. The lowest BCUT2D eigenvalue weighted by Crippen LogP contribution is -1.87. The Morgan fingerprint density at radius 1 is 0.818 bits per heavy atom. The van der Waals surface area contributed by atoms with Crippen LogP contribution in [0.25, 0.3) is 23.1 Å². The Morgan fingerprint density at radius 3 is 2.09 bits per heavy atom. The standard InChI is InChI=1S/C12H6N4O6/c17-15(18)8-3-1-7(2-4-8)11-13-14-12(22-11)9-5-6-10(21-9)16(19)20/h1-6H. The van der Waals surface area contributed by atoms with Gasteiger partial charge in [0.05, 0.1) is 11.0 Å². The van der Waals surface area contributed by atoms with E-state index >= 15 is 0 Å². The second-order valence-electron chi connectivity index (χ2n) is 4.11. The second-order valence-corrected chi connectivity index (χ2v) is 4.11. The summed E-state index contributed by atoms with van der Waals surface area (Å²) in [6.07, 6.45) is 0. The highest BCUT2D eigenvalue weighted by atomic mass is 16.6. The van der Waals surface area contributed by atoms with E-state index in [4.69, 9.17) is 8.83 Å². The van der Waals surface area contributed by atoms with Crippen LogP contribution in [0.15, 0.2) is 45.2 Å². The van der Waals surface area contributed by atoms with Crippen molar-refractivity contribution in [2.45, 2.75) is 0 Å². The third kappa shape index (κ3) is 2.40. The van der Waals surface area contributed by atoms with Crippen LogP contribution in [0.2, 0.25) is 0 Å². The molecule has 0 amide bonds. The molecule has 0 fully saturated rings. The number of rotatable bonds is 4. The van der Waals surface area contributed by atoms with Crippen molar-refractivity contribution in [2.24, 2.45) is 0 Å². The van der Waals surface area contributed by atoms with Crippen molar-refractivity contribution in [1.82, 2.24) is 10.2 Å². The fraction of sp³-hybridized carbons (Fsp3) is 0. The summed E-state index contributed by atoms with van der Waals surface area (Å²) < 4.78 is 10.3. The van der Waals surface area contributed by atoms with Gasteiger partial charge < -0.3 is 8.83 Å². The van der Waals surface area contributed by atoms with Crippen molar-refractivity contribution in [3.63, 3.8) is 0 Å². The Hall–Kier alpha value is -3.56. The Labute approximate surface area is 121 Å². The zero-order chi connectivity index (χ0) is 15.7. The third-order valence-electron chi connectivity index (χ3n) is 2.73. The number of furan rings is 1. The molecule has 10 nitrogen and oxygen atoms in total. The van der Waals surface area contributed by atoms with Gasteiger partial charge in [-0.05, 0) is 18.2 Å². The second kappa shape index (κ2) is 5.09. The lowest BCUT2D eigenvalue weighted by molar-refractivity contribution is -0.401. The van der Waals surface area contributed by atoms with Gasteiger partial charge in [-0.15, -0.1) is 10.2 Å². The van der Waals surface area contributed by atoms with Gasteiger partial charge in [-0.3, -0.25) is 20.2 Å². The van der Waals surface area contributed by atoms with Crippen LogP contribution in [-0.4, -0.2) is 20.0 Å². The predicted molar refractivity (Wildman–Crippen MR) is 70.7 cm³/mol. The molecule has 1 aromatic carbocycles. The topological polar surface area (TPSA) is 138 Å². The van der Waals surface area contributed by atoms with E-state index in [0.29, 0.717) is 5.56 Å². The average Bonchev–Trinajstić information content (AvgIpc) is 3.16. The van der Waals surface area contributed by atoms with Crippen molar-refractivity contribution in [1.29, 1.82) is 0 Å². The normalized spacial score (nSPS) is 10.5. The van der Waals surface area contributed by atoms with Gasteiger partial charge in [0.1, 0.15) is 4.92 Å². The van der Waals surface area contributed by atoms with Gasteiger partial charge in [-0.2, -0.15) is 0 Å². The Morgan fingerprint density at radius 2 is 1.50 bits per heavy atom. The highest BCUT2D eigenvalue weighted by molar-refractivity contribution is 5.57. The lowest BCUT2D eigenvalue weighted by atomic mass is 10.2. The number of nitrogens with zero attached hydrogens (tertiary/aromatic N) is 4. The first-order valence-electron chi connectivity index (χ1n) is 5.87. The molecule has 0 saturated heterocycles. The first-order valence-corrected chi connectivity index (χ1v) is 5.87. The summed E-state index contributed by atoms with van der Waals surface area (Å²) in [5.74, 6) is -0.289. The zero-order valence-electron chi connectivity index (χ0n) is 10.7. The average molecular weight is 302 g/mol. The van der Waals surface area contributed by atoms with Gasteiger partial charge in [0.2, 0.25) is 5.89 Å². The minimum Gasteiger partial charge on any atom is -0.413 e. The molecule has 0 aliphatic rings. The Bertz CT molecular complexity index is 851. The van der Waals surface area contributed by atoms with E-state index in [-0.39, 0.29) is 23.2 Å². The van der Waals surface area contributed by atoms with Crippen molar-refractivity contribution >= 4 is 11.6 Å². The molecule has 0 aliphatic carbocycles. The Balaban J connectivity index is 1.89. The number of hydrogen-bond donors (Lipinski definition) is 0. The molecule has 3 rings (SSSR count). The summed E-state index contributed by atoms with van der Waals surface area (Å²) in [5, 5.41) is 28.6. The molecule has 110 valence electrons. The number of benzene rings is 1. The zero-order valence-corrected chi connectivity index (χ0v) is 10.7. The summed E-state index contributed by atoms with van der Waals surface area (Å²) in [4.78, 5) is 19.9. The van der Waals surface area contributed by atoms with Crippen molar-refractivity contribution < 1.29 is 18.7 Å². The molecule has 0 spiro atoms. The third-order valence-corrected chi connectivity index (χ3v) is 2.73. The van der Waals surface area contributed by atoms with E-state index in [1.807, 2.05) is 0 Å². The predicted octanol–water partition coefficient (Wildman–Crippen LogP) is 2.81. The molecule has 3 aromatic rings. The van der Waals surface area contributed by atoms with Crippen molar-refractivity contribution in [3.05, 3.63) is 56.6 Å². The van der Waals surface area contributed by atoms with E-state index in [2.05, 4.69) is 10.2 Å². The van der Waals surface area contributed by atoms with Crippen LogP contribution in [0.1, 0.15) is 0 Å². The molecular weight excluding hydrogens is 296 g/mol. The molecule has 0 saturated carbocycles. The smallest absolute Gasteiger partial charge is 0.413 e. The van der Waals surface area contributed by atoms with E-state index in [1.54, 1.807) is 0 Å². The number of nitro benzene ring substituents is 1. The molecule has 0 aliphatic heterocycles. The fourth-order valence-electron chi connectivity index (χ4n) is 1.71. The summed E-state index contributed by atoms with van der Waals surface area (Å²) in [6.45, 7) is 0. The molecule has 10 heteroatoms. The van der Waals surface area contributed by atoms with Gasteiger partial charge >= 0.3 is 5.88 Å². The molecule has 0 N–H and O–H groups in total. The molecule has 0 bridgehead atoms. The van der Waals surface area contributed by atoms with E-state index < -0.39 is 15.7 Å². The van der Waals surface area contributed by atoms with E-state index in [1.165, 1.54) is 36.4 Å². The Kier molecular flexibility index (Phi) is 3.10. The van der Waals surface area contributed by atoms with Gasteiger partial charge in [0.15, 0.2) is 5.76 Å². The van der Waals surface area contributed by atoms with Crippen molar-refractivity contribution in [2.75, 3.05) is 0 Å². The van der Waals surface area contributed by atoms with Crippen molar-refractivity contribution in [3.8, 4) is 23.1 Å². The van der Waals surface area contributed by atoms with Crippen LogP contribution < -0.4 is 0 Å². The van der Waals surface area contributed by atoms with Gasteiger partial charge in [-0.1, -0.05) is 0 Å². The maximum atomic E-state index is 10.6. The SMILES string of the molecule is O=[N+]([O-])c1ccc(-c2nnc(-c3ccc([N+](=O)[O-])o3)o2)cc1. The largest absolute Gasteiger partial charge is 0.433 e. The fourth-order valence-corrected chi connectivity index (χ4v) is 1.71. The minimum atomic E-state index is -0.683. The molecular formula is C12H6N4O6. The van der Waals surface area contributed by atoms with Crippen LogP contribution in [0, 0.1) is 20.2 Å². The molecule has 22 heavy (non-hydrogen) atoms. The van der Waals surface area contributed by atoms with Gasteiger partial charge in [0.25, 0.3) is 11.6 Å². The number of aromatic nitrogens is 2. The monoisotopic (exact) mass is 302 g/mol. The highest BCUT2D eigenvalue weighted by Crippen LogP contribution is 2.28. The quantitative estimate of drug-likeness (QED) is 0.529. The van der Waals surface area contributed by atoms with Gasteiger partial charge in [0, 0.05) is 17.7 Å². The number of nitro groups is 2. The maximum absolute atomic E-state index is 10.6. The van der Waals surface area contributed by atoms with Crippen LogP contribution in [0.5, 0.6) is 0 Å². The number of hydrogen-bond acceptors (Lipinski definition) is 8. The first-order chi connectivity index (χ1) is 10.5.